The minimum atomic E-state index is -0.820. The quantitative estimate of drug-likeness (QED) is 0.641. The van der Waals surface area contributed by atoms with Gasteiger partial charge in [0.05, 0.1) is 0 Å². The number of carbonyl (C=O) groups is 1. The van der Waals surface area contributed by atoms with Gasteiger partial charge < -0.3 is 10.6 Å². The summed E-state index contributed by atoms with van der Waals surface area (Å²) in [5, 5.41) is 0. The van der Waals surface area contributed by atoms with Gasteiger partial charge in [-0.25, -0.2) is 13.6 Å². The van der Waals surface area contributed by atoms with Crippen LogP contribution in [0.15, 0.2) is 33.9 Å². The van der Waals surface area contributed by atoms with Gasteiger partial charge in [-0.1, -0.05) is 33.3 Å². The molecule has 0 radical (unpaired) electrons. The number of nitrogens with two attached hydrogens (primary N) is 1. The Labute approximate surface area is 172 Å². The van der Waals surface area contributed by atoms with Crippen molar-refractivity contribution in [1.82, 2.24) is 9.55 Å². The molecule has 1 heterocycles. The van der Waals surface area contributed by atoms with Gasteiger partial charge in [-0.05, 0) is 30.5 Å². The number of amides is 1. The van der Waals surface area contributed by atoms with Crippen LogP contribution >= 0.6 is 0 Å². The Morgan fingerprint density at radius 2 is 1.90 bits per heavy atom. The van der Waals surface area contributed by atoms with E-state index < -0.39 is 28.8 Å². The molecule has 0 aliphatic heterocycles. The van der Waals surface area contributed by atoms with E-state index in [0.29, 0.717) is 6.42 Å². The van der Waals surface area contributed by atoms with Gasteiger partial charge in [-0.3, -0.25) is 19.1 Å². The van der Waals surface area contributed by atoms with Gasteiger partial charge in [0.15, 0.2) is 5.69 Å². The van der Waals surface area contributed by atoms with Crippen molar-refractivity contribution in [3.05, 3.63) is 62.3 Å². The van der Waals surface area contributed by atoms with E-state index in [1.54, 1.807) is 0 Å². The number of nitrogens with one attached hydrogen (secondary N) is 1. The number of nitrogen functional groups attached to an aromatic ring is 1. The largest absolute Gasteiger partial charge is 0.383 e. The Hall–Kier alpha value is -3.23. The smallest absolute Gasteiger partial charge is 0.330 e. The molecule has 1 amide bonds. The Kier molecular flexibility index (Phi) is 7.68. The number of aromatic nitrogens is 2. The maximum atomic E-state index is 13.8. The molecule has 2 rings (SSSR count). The van der Waals surface area contributed by atoms with E-state index in [-0.39, 0.29) is 36.1 Å². The first kappa shape index (κ1) is 23.1. The minimum Gasteiger partial charge on any atom is -0.383 e. The van der Waals surface area contributed by atoms with Crippen LogP contribution in [0.4, 0.5) is 20.3 Å². The van der Waals surface area contributed by atoms with Crippen LogP contribution in [0.3, 0.4) is 0 Å². The number of unbranched alkanes of at least 4 members (excludes halogenated alkanes) is 1. The van der Waals surface area contributed by atoms with Crippen LogP contribution in [0.25, 0.3) is 6.08 Å². The van der Waals surface area contributed by atoms with Crippen molar-refractivity contribution < 1.29 is 13.6 Å². The zero-order valence-electron chi connectivity index (χ0n) is 17.2. The molecule has 0 aliphatic carbocycles. The van der Waals surface area contributed by atoms with E-state index in [1.807, 2.05) is 20.8 Å². The van der Waals surface area contributed by atoms with Gasteiger partial charge in [0.2, 0.25) is 0 Å². The van der Waals surface area contributed by atoms with E-state index in [1.165, 1.54) is 10.6 Å². The summed E-state index contributed by atoms with van der Waals surface area (Å²) in [5.74, 6) is -2.51. The molecule has 0 unspecified atom stereocenters. The third-order valence-electron chi connectivity index (χ3n) is 4.43. The monoisotopic (exact) mass is 420 g/mol. The highest BCUT2D eigenvalue weighted by atomic mass is 19.1. The van der Waals surface area contributed by atoms with Gasteiger partial charge in [0.25, 0.3) is 11.5 Å². The first-order valence-corrected chi connectivity index (χ1v) is 9.73. The molecule has 1 aromatic carbocycles. The molecular weight excluding hydrogens is 394 g/mol. The lowest BCUT2D eigenvalue weighted by molar-refractivity contribution is -0.114. The summed E-state index contributed by atoms with van der Waals surface area (Å²) < 4.78 is 28.9. The molecule has 9 heteroatoms. The van der Waals surface area contributed by atoms with E-state index in [0.717, 1.165) is 35.6 Å². The standard InChI is InChI=1S/C21H26F2N4O3/c1-4-5-11-26-19(24)18(20(29)25-21(26)30)27(12-13(2)3)17(28)10-9-14-15(22)7-6-8-16(14)23/h6-10,13H,4-5,11-12,24H2,1-3H3,(H,25,29,30)/b10-9+. The Balaban J connectivity index is 2.52. The maximum absolute atomic E-state index is 13.8. The third kappa shape index (κ3) is 5.22. The Bertz CT molecular complexity index is 1040. The van der Waals surface area contributed by atoms with Crippen molar-refractivity contribution in [3.8, 4) is 0 Å². The predicted octanol–water partition coefficient (Wildman–Crippen LogP) is 2.90. The van der Waals surface area contributed by atoms with Crippen molar-refractivity contribution in [3.63, 3.8) is 0 Å². The molecule has 0 saturated heterocycles. The fourth-order valence-electron chi connectivity index (χ4n) is 2.95. The second-order valence-corrected chi connectivity index (χ2v) is 7.31. The molecule has 7 nitrogen and oxygen atoms in total. The van der Waals surface area contributed by atoms with Crippen LogP contribution < -0.4 is 21.9 Å². The highest BCUT2D eigenvalue weighted by molar-refractivity contribution is 6.05. The molecule has 0 aliphatic rings. The van der Waals surface area contributed by atoms with Crippen LogP contribution in [0.1, 0.15) is 39.2 Å². The van der Waals surface area contributed by atoms with Crippen molar-refractivity contribution in [2.24, 2.45) is 5.92 Å². The predicted molar refractivity (Wildman–Crippen MR) is 113 cm³/mol. The summed E-state index contributed by atoms with van der Waals surface area (Å²) in [6, 6.07) is 3.37. The van der Waals surface area contributed by atoms with Gasteiger partial charge >= 0.3 is 5.69 Å². The van der Waals surface area contributed by atoms with Crippen molar-refractivity contribution >= 4 is 23.5 Å². The number of hydrogen-bond donors (Lipinski definition) is 2. The number of rotatable bonds is 8. The first-order chi connectivity index (χ1) is 14.2. The number of H-pyrrole nitrogens is 1. The highest BCUT2D eigenvalue weighted by Crippen LogP contribution is 2.20. The molecule has 2 aromatic rings. The van der Waals surface area contributed by atoms with Crippen LogP contribution in [0.2, 0.25) is 0 Å². The van der Waals surface area contributed by atoms with Crippen LogP contribution in [0, 0.1) is 17.6 Å². The summed E-state index contributed by atoms with van der Waals surface area (Å²) in [5.41, 5.74) is 4.11. The lowest BCUT2D eigenvalue weighted by Gasteiger charge is -2.25. The van der Waals surface area contributed by atoms with Gasteiger partial charge in [-0.15, -0.1) is 0 Å². The average molecular weight is 420 g/mol. The van der Waals surface area contributed by atoms with Crippen molar-refractivity contribution in [2.45, 2.75) is 40.2 Å². The average Bonchev–Trinajstić information content (AvgIpc) is 2.66. The Morgan fingerprint density at radius 1 is 1.27 bits per heavy atom. The molecule has 3 N–H and O–H groups in total. The van der Waals surface area contributed by atoms with Crippen LogP contribution in [-0.2, 0) is 11.3 Å². The number of benzene rings is 1. The number of anilines is 2. The summed E-state index contributed by atoms with van der Waals surface area (Å²) >= 11 is 0. The van der Waals surface area contributed by atoms with E-state index >= 15 is 0 Å². The fourth-order valence-corrected chi connectivity index (χ4v) is 2.95. The molecule has 1 aromatic heterocycles. The van der Waals surface area contributed by atoms with Crippen LogP contribution in [0.5, 0.6) is 0 Å². The van der Waals surface area contributed by atoms with Crippen molar-refractivity contribution in [2.75, 3.05) is 17.2 Å². The van der Waals surface area contributed by atoms with Gasteiger partial charge in [0.1, 0.15) is 17.5 Å². The Morgan fingerprint density at radius 3 is 2.47 bits per heavy atom. The second-order valence-electron chi connectivity index (χ2n) is 7.31. The second kappa shape index (κ2) is 10.00. The molecule has 0 saturated carbocycles. The number of halogens is 2. The molecule has 0 fully saturated rings. The maximum Gasteiger partial charge on any atom is 0.330 e. The van der Waals surface area contributed by atoms with Crippen molar-refractivity contribution in [1.29, 1.82) is 0 Å². The third-order valence-corrected chi connectivity index (χ3v) is 4.43. The number of nitrogens with zero attached hydrogens (tertiary/aromatic N) is 2. The summed E-state index contributed by atoms with van der Waals surface area (Å²) in [6.07, 6.45) is 3.44. The summed E-state index contributed by atoms with van der Waals surface area (Å²) in [4.78, 5) is 40.9. The normalized spacial score (nSPS) is 11.4. The van der Waals surface area contributed by atoms with Gasteiger partial charge in [0, 0.05) is 24.7 Å². The lowest BCUT2D eigenvalue weighted by atomic mass is 10.1. The first-order valence-electron chi connectivity index (χ1n) is 9.73. The number of carbonyl (C=O) groups excluding carboxylic acids is 1. The molecule has 0 atom stereocenters. The summed E-state index contributed by atoms with van der Waals surface area (Å²) in [6.45, 7) is 6.00. The van der Waals surface area contributed by atoms with E-state index in [4.69, 9.17) is 5.73 Å². The highest BCUT2D eigenvalue weighted by Gasteiger charge is 2.23. The fraction of sp³-hybridized carbons (Fsp3) is 0.381. The zero-order chi connectivity index (χ0) is 22.4. The van der Waals surface area contributed by atoms with Crippen LogP contribution in [-0.4, -0.2) is 22.0 Å². The molecule has 162 valence electrons. The molecular formula is C21H26F2N4O3. The SMILES string of the molecule is CCCCn1c(N)c(N(CC(C)C)C(=O)/C=C/c2c(F)cccc2F)c(=O)[nH]c1=O. The number of hydrogen-bond acceptors (Lipinski definition) is 4. The molecule has 0 bridgehead atoms. The van der Waals surface area contributed by atoms with E-state index in [2.05, 4.69) is 4.98 Å². The topological polar surface area (TPSA) is 101 Å². The molecule has 30 heavy (non-hydrogen) atoms. The zero-order valence-corrected chi connectivity index (χ0v) is 17.2. The minimum absolute atomic E-state index is 0.0534. The van der Waals surface area contributed by atoms with Gasteiger partial charge in [-0.2, -0.15) is 0 Å². The molecule has 0 spiro atoms. The lowest BCUT2D eigenvalue weighted by Crippen LogP contribution is -2.42. The van der Waals surface area contributed by atoms with E-state index in [9.17, 15) is 23.2 Å². The summed E-state index contributed by atoms with van der Waals surface area (Å²) in [7, 11) is 0. The number of aromatic amines is 1.